The van der Waals surface area contributed by atoms with Crippen molar-refractivity contribution in [1.29, 1.82) is 0 Å². The molecule has 0 aliphatic heterocycles. The number of aryl methyl sites for hydroxylation is 2. The first kappa shape index (κ1) is 23.3. The lowest BCUT2D eigenvalue weighted by atomic mass is 10.1. The standard InChI is InChI=1S/C24H29ClN4O4/c1-4-17-18(9-11-26-22(17)25)27-16-7-8-19-20(13-16)29(24(31)28(19)2)12-10-21(23(30)32-3)33-14-15-5-6-15/h7-9,11,13,15,21H,4-6,10,12,14H2,1-3H3,(H,26,27). The number of hydrogen-bond donors (Lipinski definition) is 1. The Labute approximate surface area is 197 Å². The molecule has 0 amide bonds. The number of methoxy groups -OCH3 is 1. The van der Waals surface area contributed by atoms with Crippen LogP contribution in [0.25, 0.3) is 11.0 Å². The third-order valence-electron chi connectivity index (χ3n) is 6.09. The van der Waals surface area contributed by atoms with E-state index >= 15 is 0 Å². The van der Waals surface area contributed by atoms with Gasteiger partial charge in [-0.2, -0.15) is 0 Å². The number of benzene rings is 1. The smallest absolute Gasteiger partial charge is 0.335 e. The molecule has 2 aromatic heterocycles. The van der Waals surface area contributed by atoms with Crippen LogP contribution in [0.1, 0.15) is 31.7 Å². The van der Waals surface area contributed by atoms with E-state index in [4.69, 9.17) is 21.1 Å². The Kier molecular flexibility index (Phi) is 7.05. The number of ether oxygens (including phenoxy) is 2. The van der Waals surface area contributed by atoms with Crippen LogP contribution in [-0.4, -0.2) is 39.9 Å². The number of nitrogens with zero attached hydrogens (tertiary/aromatic N) is 3. The highest BCUT2D eigenvalue weighted by Crippen LogP contribution is 2.30. The number of imidazole rings is 1. The van der Waals surface area contributed by atoms with E-state index in [2.05, 4.69) is 10.3 Å². The van der Waals surface area contributed by atoms with Gasteiger partial charge in [-0.25, -0.2) is 14.6 Å². The number of rotatable bonds is 10. The zero-order valence-electron chi connectivity index (χ0n) is 19.1. The van der Waals surface area contributed by atoms with Gasteiger partial charge in [-0.3, -0.25) is 9.13 Å². The number of pyridine rings is 1. The maximum absolute atomic E-state index is 13.0. The quantitative estimate of drug-likeness (QED) is 0.354. The number of esters is 1. The highest BCUT2D eigenvalue weighted by atomic mass is 35.5. The molecule has 1 unspecified atom stereocenters. The number of anilines is 2. The molecule has 1 atom stereocenters. The SMILES string of the molecule is CCc1c(Nc2ccc3c(c2)n(CCC(OCC2CC2)C(=O)OC)c(=O)n3C)ccnc1Cl. The van der Waals surface area contributed by atoms with Crippen LogP contribution < -0.4 is 11.0 Å². The molecule has 8 nitrogen and oxygen atoms in total. The lowest BCUT2D eigenvalue weighted by molar-refractivity contribution is -0.155. The maximum Gasteiger partial charge on any atom is 0.335 e. The first-order chi connectivity index (χ1) is 15.9. The molecule has 1 saturated carbocycles. The van der Waals surface area contributed by atoms with Gasteiger partial charge in [0.2, 0.25) is 0 Å². The van der Waals surface area contributed by atoms with E-state index in [9.17, 15) is 9.59 Å². The average molecular weight is 473 g/mol. The van der Waals surface area contributed by atoms with Crippen LogP contribution >= 0.6 is 11.6 Å². The third kappa shape index (κ3) is 5.07. The molecule has 1 aromatic carbocycles. The van der Waals surface area contributed by atoms with E-state index in [1.54, 1.807) is 22.4 Å². The summed E-state index contributed by atoms with van der Waals surface area (Å²) in [6, 6.07) is 7.65. The van der Waals surface area contributed by atoms with Gasteiger partial charge in [-0.05, 0) is 49.4 Å². The lowest BCUT2D eigenvalue weighted by Gasteiger charge is -2.16. The largest absolute Gasteiger partial charge is 0.467 e. The fourth-order valence-electron chi connectivity index (χ4n) is 3.96. The van der Waals surface area contributed by atoms with Gasteiger partial charge in [-0.15, -0.1) is 0 Å². The highest BCUT2D eigenvalue weighted by Gasteiger charge is 2.27. The molecule has 9 heteroatoms. The van der Waals surface area contributed by atoms with Crippen molar-refractivity contribution in [1.82, 2.24) is 14.1 Å². The van der Waals surface area contributed by atoms with Crippen molar-refractivity contribution < 1.29 is 14.3 Å². The molecule has 1 aliphatic carbocycles. The minimum Gasteiger partial charge on any atom is -0.467 e. The van der Waals surface area contributed by atoms with Crippen molar-refractivity contribution in [2.45, 2.75) is 45.3 Å². The van der Waals surface area contributed by atoms with Crippen LogP contribution in [0.15, 0.2) is 35.3 Å². The van der Waals surface area contributed by atoms with Gasteiger partial charge in [0.15, 0.2) is 6.10 Å². The molecule has 1 fully saturated rings. The fraction of sp³-hybridized carbons (Fsp3) is 0.458. The third-order valence-corrected chi connectivity index (χ3v) is 6.42. The van der Waals surface area contributed by atoms with Crippen LogP contribution in [0.4, 0.5) is 11.4 Å². The first-order valence-electron chi connectivity index (χ1n) is 11.2. The molecular weight excluding hydrogens is 444 g/mol. The number of aromatic nitrogens is 3. The van der Waals surface area contributed by atoms with Gasteiger partial charge in [0, 0.05) is 43.1 Å². The van der Waals surface area contributed by atoms with Crippen LogP contribution in [0, 0.1) is 5.92 Å². The predicted octanol–water partition coefficient (Wildman–Crippen LogP) is 4.05. The second-order valence-electron chi connectivity index (χ2n) is 8.38. The van der Waals surface area contributed by atoms with Gasteiger partial charge in [0.25, 0.3) is 0 Å². The average Bonchev–Trinajstić information content (AvgIpc) is 3.61. The number of carbonyl (C=O) groups excluding carboxylic acids is 1. The van der Waals surface area contributed by atoms with Gasteiger partial charge >= 0.3 is 11.7 Å². The predicted molar refractivity (Wildman–Crippen MR) is 128 cm³/mol. The van der Waals surface area contributed by atoms with Gasteiger partial charge in [0.1, 0.15) is 5.15 Å². The van der Waals surface area contributed by atoms with Crippen molar-refractivity contribution in [2.24, 2.45) is 13.0 Å². The summed E-state index contributed by atoms with van der Waals surface area (Å²) >= 11 is 6.25. The maximum atomic E-state index is 13.0. The minimum atomic E-state index is -0.690. The Morgan fingerprint density at radius 3 is 2.79 bits per heavy atom. The van der Waals surface area contributed by atoms with E-state index in [0.717, 1.165) is 47.2 Å². The summed E-state index contributed by atoms with van der Waals surface area (Å²) in [5.74, 6) is 0.119. The van der Waals surface area contributed by atoms with Crippen molar-refractivity contribution in [2.75, 3.05) is 19.0 Å². The van der Waals surface area contributed by atoms with Crippen LogP contribution in [0.5, 0.6) is 0 Å². The molecule has 1 aliphatic rings. The highest BCUT2D eigenvalue weighted by molar-refractivity contribution is 6.30. The Balaban J connectivity index is 1.60. The first-order valence-corrected chi connectivity index (χ1v) is 11.6. The molecule has 0 radical (unpaired) electrons. The Bertz CT molecular complexity index is 1220. The summed E-state index contributed by atoms with van der Waals surface area (Å²) in [5, 5.41) is 3.87. The second kappa shape index (κ2) is 9.97. The molecule has 176 valence electrons. The zero-order valence-corrected chi connectivity index (χ0v) is 19.9. The van der Waals surface area contributed by atoms with Gasteiger partial charge < -0.3 is 14.8 Å². The van der Waals surface area contributed by atoms with Crippen LogP contribution in [-0.2, 0) is 34.3 Å². The van der Waals surface area contributed by atoms with E-state index < -0.39 is 12.1 Å². The topological polar surface area (TPSA) is 87.4 Å². The number of fused-ring (bicyclic) bond motifs is 1. The van der Waals surface area contributed by atoms with Gasteiger partial charge in [0.05, 0.1) is 24.8 Å². The summed E-state index contributed by atoms with van der Waals surface area (Å²) in [6.07, 6.45) is 4.34. The fourth-order valence-corrected chi connectivity index (χ4v) is 4.26. The van der Waals surface area contributed by atoms with Crippen LogP contribution in [0.2, 0.25) is 5.15 Å². The van der Waals surface area contributed by atoms with Crippen molar-refractivity contribution >= 4 is 40.0 Å². The summed E-state index contributed by atoms with van der Waals surface area (Å²) < 4.78 is 14.0. The van der Waals surface area contributed by atoms with Crippen molar-refractivity contribution in [3.63, 3.8) is 0 Å². The number of hydrogen-bond acceptors (Lipinski definition) is 6. The van der Waals surface area contributed by atoms with Crippen molar-refractivity contribution in [3.05, 3.63) is 51.7 Å². The van der Waals surface area contributed by atoms with E-state index in [-0.39, 0.29) is 5.69 Å². The molecule has 3 aromatic rings. The number of carbonyl (C=O) groups is 1. The molecule has 0 spiro atoms. The van der Waals surface area contributed by atoms with Crippen LogP contribution in [0.3, 0.4) is 0 Å². The number of nitrogens with one attached hydrogen (secondary N) is 1. The summed E-state index contributed by atoms with van der Waals surface area (Å²) in [6.45, 7) is 2.91. The van der Waals surface area contributed by atoms with Crippen molar-refractivity contribution in [3.8, 4) is 0 Å². The molecule has 1 N–H and O–H groups in total. The Morgan fingerprint density at radius 2 is 2.09 bits per heavy atom. The summed E-state index contributed by atoms with van der Waals surface area (Å²) in [4.78, 5) is 29.3. The zero-order chi connectivity index (χ0) is 23.5. The normalized spacial score (nSPS) is 14.4. The molecule has 4 rings (SSSR count). The minimum absolute atomic E-state index is 0.144. The summed E-state index contributed by atoms with van der Waals surface area (Å²) in [7, 11) is 3.10. The molecule has 2 heterocycles. The second-order valence-corrected chi connectivity index (χ2v) is 8.74. The summed E-state index contributed by atoms with van der Waals surface area (Å²) in [5.41, 5.74) is 4.07. The van der Waals surface area contributed by atoms with E-state index in [1.165, 1.54) is 7.11 Å². The lowest BCUT2D eigenvalue weighted by Crippen LogP contribution is -2.30. The molecule has 0 saturated heterocycles. The Morgan fingerprint density at radius 1 is 1.30 bits per heavy atom. The molecular formula is C24H29ClN4O4. The molecule has 33 heavy (non-hydrogen) atoms. The van der Waals surface area contributed by atoms with E-state index in [0.29, 0.717) is 30.6 Å². The molecule has 0 bridgehead atoms. The monoisotopic (exact) mass is 472 g/mol. The number of halogens is 1. The van der Waals surface area contributed by atoms with E-state index in [1.807, 2.05) is 31.2 Å². The Hall–Kier alpha value is -2.84. The van der Waals surface area contributed by atoms with Gasteiger partial charge in [-0.1, -0.05) is 18.5 Å².